The molecule has 0 bridgehead atoms. The van der Waals surface area contributed by atoms with E-state index in [4.69, 9.17) is 14.2 Å². The normalized spacial score (nSPS) is 20.5. The van der Waals surface area contributed by atoms with Gasteiger partial charge in [0.15, 0.2) is 5.58 Å². The maximum atomic E-state index is 13.5. The van der Waals surface area contributed by atoms with E-state index < -0.39 is 0 Å². The summed E-state index contributed by atoms with van der Waals surface area (Å²) < 4.78 is 18.7. The average Bonchev–Trinajstić information content (AvgIpc) is 3.23. The molecule has 6 nitrogen and oxygen atoms in total. The molecule has 0 unspecified atom stereocenters. The van der Waals surface area contributed by atoms with E-state index in [1.165, 1.54) is 12.1 Å². The molecule has 0 radical (unpaired) electrons. The number of fused-ring (bicyclic) bond motifs is 1. The number of oxime groups is 2. The second-order valence-corrected chi connectivity index (χ2v) is 10.5. The Morgan fingerprint density at radius 3 is 2.11 bits per heavy atom. The highest BCUT2D eigenvalue weighted by Crippen LogP contribution is 2.47. The Hall–Kier alpha value is -1.74. The first kappa shape index (κ1) is 18.6. The molecule has 0 fully saturated rings. The van der Waals surface area contributed by atoms with Crippen LogP contribution in [0.15, 0.2) is 33.0 Å². The van der Waals surface area contributed by atoms with Crippen LogP contribution in [-0.4, -0.2) is 26.4 Å². The lowest BCUT2D eigenvalue weighted by atomic mass is 10.1. The molecule has 2 aliphatic rings. The van der Waals surface area contributed by atoms with Crippen molar-refractivity contribution in [3.8, 4) is 0 Å². The molecule has 27 heavy (non-hydrogen) atoms. The van der Waals surface area contributed by atoms with Crippen molar-refractivity contribution in [2.75, 3.05) is 0 Å². The van der Waals surface area contributed by atoms with Crippen LogP contribution < -0.4 is 0 Å². The second-order valence-electron chi connectivity index (χ2n) is 7.80. The van der Waals surface area contributed by atoms with Crippen molar-refractivity contribution in [3.63, 3.8) is 0 Å². The highest BCUT2D eigenvalue weighted by molar-refractivity contribution is 8.29. The van der Waals surface area contributed by atoms with Gasteiger partial charge in [0.25, 0.3) is 0 Å². The Morgan fingerprint density at radius 2 is 1.59 bits per heavy atom. The molecule has 0 N–H and O–H groups in total. The van der Waals surface area contributed by atoms with Gasteiger partial charge in [0.1, 0.15) is 37.4 Å². The van der Waals surface area contributed by atoms with Gasteiger partial charge in [-0.2, -0.15) is 0 Å². The van der Waals surface area contributed by atoms with Crippen molar-refractivity contribution in [2.24, 2.45) is 10.3 Å². The lowest BCUT2D eigenvalue weighted by Gasteiger charge is -2.16. The van der Waals surface area contributed by atoms with Crippen LogP contribution in [0.4, 0.5) is 4.39 Å². The molecule has 2 aromatic rings. The quantitative estimate of drug-likeness (QED) is 0.627. The number of thioether (sulfide) groups is 2. The van der Waals surface area contributed by atoms with Crippen LogP contribution in [-0.2, 0) is 9.68 Å². The summed E-state index contributed by atoms with van der Waals surface area (Å²) in [5, 5.41) is 15.2. The fourth-order valence-corrected chi connectivity index (χ4v) is 5.76. The Kier molecular flexibility index (Phi) is 4.62. The predicted molar refractivity (Wildman–Crippen MR) is 106 cm³/mol. The minimum atomic E-state index is -0.354. The molecule has 1 aromatic carbocycles. The molecule has 0 saturated carbocycles. The molecule has 0 aliphatic carbocycles. The Balaban J connectivity index is 1.63. The maximum Gasteiger partial charge on any atom is 0.170 e. The van der Waals surface area contributed by atoms with Gasteiger partial charge in [0, 0.05) is 24.3 Å². The van der Waals surface area contributed by atoms with Crippen LogP contribution in [0, 0.1) is 5.82 Å². The van der Waals surface area contributed by atoms with Crippen molar-refractivity contribution in [1.29, 1.82) is 0 Å². The van der Waals surface area contributed by atoms with Crippen molar-refractivity contribution in [2.45, 2.75) is 56.3 Å². The molecular weight excluding hydrogens is 389 g/mol. The van der Waals surface area contributed by atoms with E-state index >= 15 is 0 Å². The van der Waals surface area contributed by atoms with Gasteiger partial charge in [-0.1, -0.05) is 39.0 Å². The van der Waals surface area contributed by atoms with E-state index in [-0.39, 0.29) is 21.6 Å². The monoisotopic (exact) mass is 409 g/mol. The van der Waals surface area contributed by atoms with Gasteiger partial charge in [-0.05, 0) is 39.8 Å². The standard InChI is InChI=1S/C18H20FN3O3S2/c1-17(2)8-13(20-24-17)26-16(27-14-9-18(3,4)25-21-14)15-11-6-5-10(19)7-12(11)23-22-15/h5-7,16H,8-9H2,1-4H3. The summed E-state index contributed by atoms with van der Waals surface area (Å²) in [6.07, 6.45) is 1.43. The zero-order valence-corrected chi connectivity index (χ0v) is 17.1. The first-order chi connectivity index (χ1) is 12.7. The number of hydrogen-bond acceptors (Lipinski definition) is 8. The molecule has 9 heteroatoms. The van der Waals surface area contributed by atoms with Crippen LogP contribution in [0.1, 0.15) is 50.8 Å². The fourth-order valence-electron chi connectivity index (χ4n) is 2.82. The van der Waals surface area contributed by atoms with Crippen LogP contribution in [0.5, 0.6) is 0 Å². The highest BCUT2D eigenvalue weighted by atomic mass is 32.2. The van der Waals surface area contributed by atoms with Crippen LogP contribution >= 0.6 is 23.5 Å². The minimum absolute atomic E-state index is 0.163. The van der Waals surface area contributed by atoms with Gasteiger partial charge < -0.3 is 14.2 Å². The van der Waals surface area contributed by atoms with Crippen molar-refractivity contribution in [3.05, 3.63) is 29.7 Å². The average molecular weight is 410 g/mol. The number of aromatic nitrogens is 1. The topological polar surface area (TPSA) is 69.2 Å². The summed E-state index contributed by atoms with van der Waals surface area (Å²) in [6.45, 7) is 7.99. The predicted octanol–water partition coefficient (Wildman–Crippen LogP) is 5.46. The molecule has 0 spiro atoms. The van der Waals surface area contributed by atoms with E-state index in [1.807, 2.05) is 27.7 Å². The van der Waals surface area contributed by atoms with Gasteiger partial charge in [-0.15, -0.1) is 0 Å². The van der Waals surface area contributed by atoms with E-state index in [2.05, 4.69) is 15.5 Å². The van der Waals surface area contributed by atoms with Gasteiger partial charge in [-0.3, -0.25) is 0 Å². The number of rotatable bonds is 3. The van der Waals surface area contributed by atoms with Gasteiger partial charge in [0.2, 0.25) is 0 Å². The molecule has 0 saturated heterocycles. The lowest BCUT2D eigenvalue weighted by Crippen LogP contribution is -2.19. The second kappa shape index (κ2) is 6.70. The van der Waals surface area contributed by atoms with E-state index in [9.17, 15) is 4.39 Å². The molecule has 3 heterocycles. The summed E-state index contributed by atoms with van der Waals surface area (Å²) in [6, 6.07) is 4.45. The first-order valence-corrected chi connectivity index (χ1v) is 10.3. The Labute approximate surface area is 164 Å². The maximum absolute atomic E-state index is 13.5. The zero-order valence-electron chi connectivity index (χ0n) is 15.5. The Bertz CT molecular complexity index is 903. The Morgan fingerprint density at radius 1 is 1.00 bits per heavy atom. The molecule has 4 rings (SSSR count). The summed E-state index contributed by atoms with van der Waals surface area (Å²) in [4.78, 5) is 11.0. The highest BCUT2D eigenvalue weighted by Gasteiger charge is 2.36. The largest absolute Gasteiger partial charge is 0.389 e. The molecular formula is C18H20FN3O3S2. The molecule has 2 aliphatic heterocycles. The molecule has 1 aromatic heterocycles. The number of nitrogens with zero attached hydrogens (tertiary/aromatic N) is 3. The summed E-state index contributed by atoms with van der Waals surface area (Å²) in [5.74, 6) is -0.354. The molecule has 0 amide bonds. The fraction of sp³-hybridized carbons (Fsp3) is 0.500. The molecule has 144 valence electrons. The van der Waals surface area contributed by atoms with Crippen molar-refractivity contribution < 1.29 is 18.6 Å². The zero-order chi connectivity index (χ0) is 19.2. The van der Waals surface area contributed by atoms with E-state index in [1.54, 1.807) is 29.6 Å². The van der Waals surface area contributed by atoms with E-state index in [0.717, 1.165) is 21.2 Å². The van der Waals surface area contributed by atoms with Crippen LogP contribution in [0.2, 0.25) is 0 Å². The van der Waals surface area contributed by atoms with Gasteiger partial charge in [0.05, 0.1) is 0 Å². The number of halogens is 1. The number of benzene rings is 1. The van der Waals surface area contributed by atoms with Crippen molar-refractivity contribution >= 4 is 44.6 Å². The third-order valence-electron chi connectivity index (χ3n) is 4.11. The smallest absolute Gasteiger partial charge is 0.170 e. The third-order valence-corrected chi connectivity index (χ3v) is 6.55. The number of hydrogen-bond donors (Lipinski definition) is 0. The summed E-state index contributed by atoms with van der Waals surface area (Å²) >= 11 is 3.11. The third kappa shape index (κ3) is 4.08. The van der Waals surface area contributed by atoms with E-state index in [0.29, 0.717) is 18.4 Å². The van der Waals surface area contributed by atoms with Crippen LogP contribution in [0.25, 0.3) is 11.0 Å². The summed E-state index contributed by atoms with van der Waals surface area (Å²) in [5.41, 5.74) is 0.511. The summed E-state index contributed by atoms with van der Waals surface area (Å²) in [7, 11) is 0. The first-order valence-electron chi connectivity index (χ1n) is 8.59. The minimum Gasteiger partial charge on any atom is -0.389 e. The van der Waals surface area contributed by atoms with Gasteiger partial charge >= 0.3 is 0 Å². The van der Waals surface area contributed by atoms with Gasteiger partial charge in [-0.25, -0.2) is 4.39 Å². The lowest BCUT2D eigenvalue weighted by molar-refractivity contribution is 0.0120. The molecule has 0 atom stereocenters. The SMILES string of the molecule is CC1(C)CC(SC(SC2=NOC(C)(C)C2)c2noc3cc(F)ccc23)=NO1. The van der Waals surface area contributed by atoms with Crippen molar-refractivity contribution in [1.82, 2.24) is 5.16 Å². The van der Waals surface area contributed by atoms with Crippen LogP contribution in [0.3, 0.4) is 0 Å².